The Balaban J connectivity index is 2.28. The Hall–Kier alpha value is -2.56. The summed E-state index contributed by atoms with van der Waals surface area (Å²) in [5, 5.41) is 9.41. The van der Waals surface area contributed by atoms with Gasteiger partial charge in [0.05, 0.1) is 0 Å². The Morgan fingerprint density at radius 3 is 2.42 bits per heavy atom. The molecule has 24 heavy (non-hydrogen) atoms. The summed E-state index contributed by atoms with van der Waals surface area (Å²) in [6.07, 6.45) is 0. The zero-order valence-corrected chi connectivity index (χ0v) is 12.4. The lowest BCUT2D eigenvalue weighted by atomic mass is 10.2. The molecule has 0 aliphatic carbocycles. The van der Waals surface area contributed by atoms with Gasteiger partial charge in [0, 0.05) is 17.0 Å². The van der Waals surface area contributed by atoms with Gasteiger partial charge < -0.3 is 14.3 Å². The van der Waals surface area contributed by atoms with E-state index in [1.165, 1.54) is 12.1 Å². The van der Waals surface area contributed by atoms with Crippen molar-refractivity contribution < 1.29 is 38.5 Å². The number of benzene rings is 1. The van der Waals surface area contributed by atoms with Crippen molar-refractivity contribution in [2.45, 2.75) is 0 Å². The molecule has 0 spiro atoms. The fourth-order valence-corrected chi connectivity index (χ4v) is 2.49. The number of carbonyl (C=O) groups excluding carboxylic acids is 1. The molecule has 0 unspecified atom stereocenters. The molecule has 5 nitrogen and oxygen atoms in total. The number of phenols is 1. The maximum Gasteiger partial charge on any atom is 0.379 e. The van der Waals surface area contributed by atoms with Crippen LogP contribution in [0.5, 0.6) is 11.5 Å². The average molecular weight is 372 g/mol. The van der Waals surface area contributed by atoms with E-state index in [0.29, 0.717) is 0 Å². The second-order valence-corrected chi connectivity index (χ2v) is 7.43. The van der Waals surface area contributed by atoms with Crippen molar-refractivity contribution in [2.24, 2.45) is 0 Å². The highest BCUT2D eigenvalue weighted by atomic mass is 32.5. The number of hydrogen-bond acceptors (Lipinski definition) is 5. The van der Waals surface area contributed by atoms with Gasteiger partial charge in [-0.05, 0) is 18.2 Å². The molecule has 11 heteroatoms. The number of carbonyl (C=O) groups is 1. The fraction of sp³-hybridized carbons (Fsp3) is 0.0769. The van der Waals surface area contributed by atoms with Crippen molar-refractivity contribution in [2.75, 3.05) is 5.75 Å². The molecule has 2 aromatic rings. The zero-order chi connectivity index (χ0) is 18.4. The first kappa shape index (κ1) is 17.8. The predicted octanol–water partition coefficient (Wildman–Crippen LogP) is 4.26. The van der Waals surface area contributed by atoms with Crippen LogP contribution < -0.4 is 10.4 Å². The Morgan fingerprint density at radius 2 is 1.83 bits per heavy atom. The average Bonchev–Trinajstić information content (AvgIpc) is 2.36. The third kappa shape index (κ3) is 4.72. The van der Waals surface area contributed by atoms with Gasteiger partial charge in [0.25, 0.3) is 10.2 Å². The summed E-state index contributed by atoms with van der Waals surface area (Å²) in [4.78, 5) is 23.1. The van der Waals surface area contributed by atoms with E-state index in [0.717, 1.165) is 12.1 Å². The molecule has 0 aliphatic heterocycles. The van der Waals surface area contributed by atoms with Gasteiger partial charge in [0.15, 0.2) is 0 Å². The highest BCUT2D eigenvalue weighted by Gasteiger charge is 2.64. The first-order valence-electron chi connectivity index (χ1n) is 6.03. The minimum Gasteiger partial charge on any atom is -0.508 e. The van der Waals surface area contributed by atoms with E-state index in [1.807, 2.05) is 0 Å². The number of hydrogen-bond donors (Lipinski definition) is 1. The molecule has 1 heterocycles. The van der Waals surface area contributed by atoms with Crippen LogP contribution in [0, 0.1) is 0 Å². The lowest BCUT2D eigenvalue weighted by Crippen LogP contribution is -2.22. The van der Waals surface area contributed by atoms with Crippen molar-refractivity contribution in [3.63, 3.8) is 0 Å². The molecule has 1 aromatic heterocycles. The van der Waals surface area contributed by atoms with Crippen molar-refractivity contribution in [1.82, 2.24) is 0 Å². The Kier molecular flexibility index (Phi) is 3.50. The first-order valence-corrected chi connectivity index (χ1v) is 8.15. The van der Waals surface area contributed by atoms with Gasteiger partial charge in [-0.15, -0.1) is 0 Å². The summed E-state index contributed by atoms with van der Waals surface area (Å²) < 4.78 is 70.7. The Morgan fingerprint density at radius 1 is 1.21 bits per heavy atom. The summed E-state index contributed by atoms with van der Waals surface area (Å²) in [5.41, 5.74) is -2.88. The fourth-order valence-electron chi connectivity index (χ4n) is 1.71. The van der Waals surface area contributed by atoms with Gasteiger partial charge in [-0.25, -0.2) is 9.59 Å². The van der Waals surface area contributed by atoms with E-state index < -0.39 is 38.9 Å². The SMILES string of the molecule is C=C(CS(F)(F)(F)(F)F)C(=O)Oc1cc2ccc(O)cc2oc1=O. The summed E-state index contributed by atoms with van der Waals surface area (Å²) in [7, 11) is -9.90. The summed E-state index contributed by atoms with van der Waals surface area (Å²) in [5.74, 6) is -5.69. The number of rotatable bonds is 4. The summed E-state index contributed by atoms with van der Waals surface area (Å²) in [6.45, 7) is 2.62. The van der Waals surface area contributed by atoms with Gasteiger partial charge in [-0.1, -0.05) is 26.0 Å². The third-order valence-electron chi connectivity index (χ3n) is 2.63. The number of fused-ring (bicyclic) bond motifs is 1. The van der Waals surface area contributed by atoms with Gasteiger partial charge >= 0.3 is 11.6 Å². The van der Waals surface area contributed by atoms with Gasteiger partial charge in [-0.2, -0.15) is 0 Å². The van der Waals surface area contributed by atoms with E-state index in [4.69, 9.17) is 4.42 Å². The number of aromatic hydroxyl groups is 1. The van der Waals surface area contributed by atoms with Crippen LogP contribution in [0.4, 0.5) is 19.4 Å². The third-order valence-corrected chi connectivity index (χ3v) is 3.52. The van der Waals surface area contributed by atoms with Gasteiger partial charge in [-0.3, -0.25) is 0 Å². The lowest BCUT2D eigenvalue weighted by molar-refractivity contribution is -0.130. The molecular formula is C13H9F5O5S. The molecule has 0 radical (unpaired) electrons. The van der Waals surface area contributed by atoms with Crippen molar-refractivity contribution >= 4 is 27.2 Å². The van der Waals surface area contributed by atoms with E-state index in [9.17, 15) is 34.1 Å². The Labute approximate surface area is 130 Å². The van der Waals surface area contributed by atoms with Gasteiger partial charge in [0.1, 0.15) is 17.1 Å². The van der Waals surface area contributed by atoms with Crippen molar-refractivity contribution in [3.8, 4) is 11.5 Å². The van der Waals surface area contributed by atoms with E-state index >= 15 is 0 Å². The number of phenolic OH excluding ortho intramolecular Hbond substituents is 1. The number of halogens is 5. The van der Waals surface area contributed by atoms with Crippen LogP contribution in [-0.2, 0) is 4.79 Å². The van der Waals surface area contributed by atoms with Crippen LogP contribution in [0.3, 0.4) is 0 Å². The molecule has 0 saturated carbocycles. The maximum absolute atomic E-state index is 12.3. The molecule has 1 N–H and O–H groups in total. The minimum absolute atomic E-state index is 0.0781. The van der Waals surface area contributed by atoms with E-state index in [1.54, 1.807) is 0 Å². The lowest BCUT2D eigenvalue weighted by Gasteiger charge is -2.40. The number of ether oxygens (including phenoxy) is 1. The highest BCUT2D eigenvalue weighted by molar-refractivity contribution is 8.45. The van der Waals surface area contributed by atoms with Crippen LogP contribution in [0.15, 0.2) is 45.6 Å². The van der Waals surface area contributed by atoms with Crippen LogP contribution >= 0.6 is 10.2 Å². The second-order valence-electron chi connectivity index (χ2n) is 4.89. The predicted molar refractivity (Wildman–Crippen MR) is 76.9 cm³/mol. The number of esters is 1. The molecule has 0 bridgehead atoms. The quantitative estimate of drug-likeness (QED) is 0.376. The molecule has 0 aliphatic rings. The van der Waals surface area contributed by atoms with Gasteiger partial charge in [0.2, 0.25) is 5.75 Å². The minimum atomic E-state index is -9.90. The van der Waals surface area contributed by atoms with Crippen molar-refractivity contribution in [1.29, 1.82) is 0 Å². The highest BCUT2D eigenvalue weighted by Crippen LogP contribution is 2.98. The molecule has 0 fully saturated rings. The molecule has 0 saturated heterocycles. The molecule has 132 valence electrons. The monoisotopic (exact) mass is 372 g/mol. The molecule has 1 aromatic carbocycles. The maximum atomic E-state index is 12.3. The molecule has 2 rings (SSSR count). The summed E-state index contributed by atoms with van der Waals surface area (Å²) in [6, 6.07) is 4.51. The first-order chi connectivity index (χ1) is 10.6. The second kappa shape index (κ2) is 4.72. The van der Waals surface area contributed by atoms with Crippen molar-refractivity contribution in [3.05, 3.63) is 46.8 Å². The molecule has 0 amide bonds. The van der Waals surface area contributed by atoms with Crippen LogP contribution in [0.2, 0.25) is 0 Å². The smallest absolute Gasteiger partial charge is 0.379 e. The molecular weight excluding hydrogens is 363 g/mol. The van der Waals surface area contributed by atoms with Crippen LogP contribution in [0.25, 0.3) is 11.0 Å². The topological polar surface area (TPSA) is 76.7 Å². The van der Waals surface area contributed by atoms with Crippen LogP contribution in [-0.4, -0.2) is 16.8 Å². The summed E-state index contributed by atoms with van der Waals surface area (Å²) >= 11 is 0. The standard InChI is InChI=1S/C13H9F5O5S/c1-7(6-24(14,15,16,17)18)12(20)23-11-4-8-2-3-9(19)5-10(8)22-13(11)21/h2-5,19H,1,6H2. The van der Waals surface area contributed by atoms with E-state index in [2.05, 4.69) is 11.3 Å². The Bertz CT molecular complexity index is 917. The van der Waals surface area contributed by atoms with E-state index in [-0.39, 0.29) is 16.7 Å². The normalized spacial score (nSPS) is 14.7. The molecule has 0 atom stereocenters. The van der Waals surface area contributed by atoms with Crippen LogP contribution in [0.1, 0.15) is 0 Å². The zero-order valence-electron chi connectivity index (χ0n) is 11.6. The largest absolute Gasteiger partial charge is 0.508 e.